The lowest BCUT2D eigenvalue weighted by Crippen LogP contribution is -2.47. The van der Waals surface area contributed by atoms with E-state index in [0.717, 1.165) is 28.5 Å². The van der Waals surface area contributed by atoms with Gasteiger partial charge < -0.3 is 14.5 Å². The Balaban J connectivity index is 1.55. The Bertz CT molecular complexity index is 1240. The number of pyridine rings is 1. The average molecular weight is 474 g/mol. The molecule has 2 heterocycles. The number of carbonyl (C=O) groups is 3. The monoisotopic (exact) mass is 473 g/mol. The van der Waals surface area contributed by atoms with Crippen LogP contribution in [0.15, 0.2) is 54.6 Å². The fourth-order valence-electron chi connectivity index (χ4n) is 4.46. The molecule has 3 aromatic rings. The van der Waals surface area contributed by atoms with Crippen LogP contribution in [0.25, 0.3) is 22.2 Å². The highest BCUT2D eigenvalue weighted by Crippen LogP contribution is 2.26. The van der Waals surface area contributed by atoms with Crippen molar-refractivity contribution >= 4 is 28.7 Å². The summed E-state index contributed by atoms with van der Waals surface area (Å²) in [6.07, 6.45) is 1.45. The maximum absolute atomic E-state index is 13.5. The van der Waals surface area contributed by atoms with E-state index in [9.17, 15) is 14.4 Å². The van der Waals surface area contributed by atoms with Gasteiger partial charge in [-0.2, -0.15) is 0 Å². The number of ether oxygens (including phenoxy) is 1. The molecule has 182 valence electrons. The number of likely N-dealkylation sites (N-methyl/N-ethyl adjacent to an activating group) is 1. The van der Waals surface area contributed by atoms with Crippen LogP contribution in [0.4, 0.5) is 0 Å². The van der Waals surface area contributed by atoms with E-state index >= 15 is 0 Å². The van der Waals surface area contributed by atoms with Crippen molar-refractivity contribution in [2.45, 2.75) is 26.7 Å². The summed E-state index contributed by atoms with van der Waals surface area (Å²) in [6, 6.07) is 17.3. The van der Waals surface area contributed by atoms with Gasteiger partial charge >= 0.3 is 5.97 Å². The number of aryl methyl sites for hydroxylation is 1. The molecule has 1 unspecified atom stereocenters. The molecule has 7 nitrogen and oxygen atoms in total. The number of esters is 1. The highest BCUT2D eigenvalue weighted by molar-refractivity contribution is 6.07. The van der Waals surface area contributed by atoms with Gasteiger partial charge in [0.2, 0.25) is 5.91 Å². The zero-order valence-corrected chi connectivity index (χ0v) is 20.5. The van der Waals surface area contributed by atoms with Crippen molar-refractivity contribution in [3.8, 4) is 11.3 Å². The quantitative estimate of drug-likeness (QED) is 0.504. The van der Waals surface area contributed by atoms with Crippen LogP contribution in [0.1, 0.15) is 35.7 Å². The van der Waals surface area contributed by atoms with Gasteiger partial charge in [-0.3, -0.25) is 14.4 Å². The first-order valence-corrected chi connectivity index (χ1v) is 12.0. The SMILES string of the molecule is CCOC(=O)C1CCCN(C(=O)CN(C)C(=O)c2cc(-c3ccc(C)cc3)nc3ccccc23)C1. The second kappa shape index (κ2) is 10.7. The molecule has 4 rings (SSSR count). The third-order valence-electron chi connectivity index (χ3n) is 6.41. The first kappa shape index (κ1) is 24.4. The van der Waals surface area contributed by atoms with Gasteiger partial charge in [-0.1, -0.05) is 48.0 Å². The zero-order chi connectivity index (χ0) is 24.9. The van der Waals surface area contributed by atoms with Crippen molar-refractivity contribution in [2.24, 2.45) is 5.92 Å². The summed E-state index contributed by atoms with van der Waals surface area (Å²) in [7, 11) is 1.63. The second-order valence-electron chi connectivity index (χ2n) is 9.03. The lowest BCUT2D eigenvalue weighted by Gasteiger charge is -2.32. The molecule has 1 saturated heterocycles. The number of hydrogen-bond donors (Lipinski definition) is 0. The van der Waals surface area contributed by atoms with E-state index in [0.29, 0.717) is 37.4 Å². The van der Waals surface area contributed by atoms with Crippen molar-refractivity contribution < 1.29 is 19.1 Å². The molecule has 0 aliphatic carbocycles. The number of benzene rings is 2. The van der Waals surface area contributed by atoms with Gasteiger partial charge in [0.25, 0.3) is 5.91 Å². The van der Waals surface area contributed by atoms with Gasteiger partial charge in [0.1, 0.15) is 0 Å². The first-order chi connectivity index (χ1) is 16.9. The summed E-state index contributed by atoms with van der Waals surface area (Å²) in [5.41, 5.74) is 4.01. The molecule has 1 aromatic heterocycles. The number of fused-ring (bicyclic) bond motifs is 1. The van der Waals surface area contributed by atoms with E-state index in [1.165, 1.54) is 4.90 Å². The van der Waals surface area contributed by atoms with E-state index in [1.54, 1.807) is 24.9 Å². The Labute approximate surface area is 205 Å². The maximum atomic E-state index is 13.5. The number of hydrogen-bond acceptors (Lipinski definition) is 5. The minimum Gasteiger partial charge on any atom is -0.466 e. The summed E-state index contributed by atoms with van der Waals surface area (Å²) in [6.45, 7) is 4.96. The Morgan fingerprint density at radius 2 is 1.86 bits per heavy atom. The summed E-state index contributed by atoms with van der Waals surface area (Å²) in [5.74, 6) is -0.993. The normalized spacial score (nSPS) is 15.6. The molecule has 7 heteroatoms. The summed E-state index contributed by atoms with van der Waals surface area (Å²) in [4.78, 5) is 46.6. The third kappa shape index (κ3) is 5.50. The smallest absolute Gasteiger partial charge is 0.310 e. The van der Waals surface area contributed by atoms with Crippen LogP contribution < -0.4 is 0 Å². The van der Waals surface area contributed by atoms with Crippen molar-refractivity contribution in [3.63, 3.8) is 0 Å². The predicted molar refractivity (Wildman–Crippen MR) is 135 cm³/mol. The van der Waals surface area contributed by atoms with Crippen LogP contribution >= 0.6 is 0 Å². The van der Waals surface area contributed by atoms with Crippen LogP contribution in [0.2, 0.25) is 0 Å². The first-order valence-electron chi connectivity index (χ1n) is 12.0. The van der Waals surface area contributed by atoms with Crippen molar-refractivity contribution in [1.82, 2.24) is 14.8 Å². The predicted octanol–water partition coefficient (Wildman–Crippen LogP) is 4.08. The number of amides is 2. The Hall–Kier alpha value is -3.74. The Kier molecular flexibility index (Phi) is 7.44. The van der Waals surface area contributed by atoms with Crippen LogP contribution in [0.5, 0.6) is 0 Å². The number of likely N-dealkylation sites (tertiary alicyclic amines) is 1. The molecule has 0 spiro atoms. The molecule has 35 heavy (non-hydrogen) atoms. The minimum absolute atomic E-state index is 0.0646. The van der Waals surface area contributed by atoms with Gasteiger partial charge in [0.05, 0.1) is 35.8 Å². The summed E-state index contributed by atoms with van der Waals surface area (Å²) in [5, 5.41) is 0.744. The van der Waals surface area contributed by atoms with E-state index in [-0.39, 0.29) is 30.2 Å². The van der Waals surface area contributed by atoms with Crippen LogP contribution in [-0.4, -0.2) is 65.9 Å². The molecule has 2 amide bonds. The summed E-state index contributed by atoms with van der Waals surface area (Å²) >= 11 is 0. The molecule has 1 fully saturated rings. The van der Waals surface area contributed by atoms with Crippen LogP contribution in [0.3, 0.4) is 0 Å². The molecule has 0 saturated carbocycles. The van der Waals surface area contributed by atoms with E-state index in [4.69, 9.17) is 9.72 Å². The molecule has 1 atom stereocenters. The van der Waals surface area contributed by atoms with E-state index in [2.05, 4.69) is 0 Å². The Morgan fingerprint density at radius 3 is 2.60 bits per heavy atom. The highest BCUT2D eigenvalue weighted by Gasteiger charge is 2.30. The third-order valence-corrected chi connectivity index (χ3v) is 6.41. The standard InChI is InChI=1S/C28H31N3O4/c1-4-35-28(34)21-8-7-15-31(17-21)26(32)18-30(3)27(33)23-16-25(20-13-11-19(2)12-14-20)29-24-10-6-5-9-22(23)24/h5-6,9-14,16,21H,4,7-8,15,17-18H2,1-3H3. The molecular weight excluding hydrogens is 442 g/mol. The topological polar surface area (TPSA) is 79.8 Å². The fraction of sp³-hybridized carbons (Fsp3) is 0.357. The average Bonchev–Trinajstić information content (AvgIpc) is 2.88. The molecule has 1 aliphatic rings. The van der Waals surface area contributed by atoms with Gasteiger partial charge in [0.15, 0.2) is 0 Å². The molecule has 2 aromatic carbocycles. The van der Waals surface area contributed by atoms with Crippen molar-refractivity contribution in [1.29, 1.82) is 0 Å². The molecule has 0 radical (unpaired) electrons. The fourth-order valence-corrected chi connectivity index (χ4v) is 4.46. The lowest BCUT2D eigenvalue weighted by molar-refractivity contribution is -0.151. The molecule has 0 N–H and O–H groups in total. The number of nitrogens with zero attached hydrogens (tertiary/aromatic N) is 3. The van der Waals surface area contributed by atoms with Crippen molar-refractivity contribution in [3.05, 3.63) is 65.7 Å². The number of piperidine rings is 1. The van der Waals surface area contributed by atoms with Gasteiger partial charge in [-0.05, 0) is 38.8 Å². The number of aromatic nitrogens is 1. The maximum Gasteiger partial charge on any atom is 0.310 e. The number of rotatable bonds is 6. The number of carbonyl (C=O) groups excluding carboxylic acids is 3. The van der Waals surface area contributed by atoms with Crippen LogP contribution in [0, 0.1) is 12.8 Å². The number of para-hydroxylation sites is 1. The Morgan fingerprint density at radius 1 is 1.11 bits per heavy atom. The highest BCUT2D eigenvalue weighted by atomic mass is 16.5. The van der Waals surface area contributed by atoms with Crippen molar-refractivity contribution in [2.75, 3.05) is 33.3 Å². The molecule has 0 bridgehead atoms. The molecule has 1 aliphatic heterocycles. The second-order valence-corrected chi connectivity index (χ2v) is 9.03. The van der Waals surface area contributed by atoms with E-state index in [1.807, 2.05) is 55.5 Å². The van der Waals surface area contributed by atoms with Gasteiger partial charge in [-0.25, -0.2) is 4.98 Å². The summed E-state index contributed by atoms with van der Waals surface area (Å²) < 4.78 is 5.13. The van der Waals surface area contributed by atoms with E-state index < -0.39 is 0 Å². The van der Waals surface area contributed by atoms with Crippen LogP contribution in [-0.2, 0) is 14.3 Å². The minimum atomic E-state index is -0.310. The zero-order valence-electron chi connectivity index (χ0n) is 20.5. The largest absolute Gasteiger partial charge is 0.466 e. The van der Waals surface area contributed by atoms with Gasteiger partial charge in [0, 0.05) is 31.1 Å². The lowest BCUT2D eigenvalue weighted by atomic mass is 9.98. The van der Waals surface area contributed by atoms with Gasteiger partial charge in [-0.15, -0.1) is 0 Å². The molecular formula is C28H31N3O4.